The molecule has 126 valence electrons. The van der Waals surface area contributed by atoms with E-state index in [1.54, 1.807) is 11.3 Å². The Labute approximate surface area is 154 Å². The van der Waals surface area contributed by atoms with Crippen molar-refractivity contribution in [2.45, 2.75) is 12.5 Å². The summed E-state index contributed by atoms with van der Waals surface area (Å²) in [5, 5.41) is 4.29. The first-order valence-electron chi connectivity index (χ1n) is 7.66. The lowest BCUT2D eigenvalue weighted by molar-refractivity contribution is 0.0748. The molecule has 4 nitrogen and oxygen atoms in total. The molecular weight excluding hydrogens is 362 g/mol. The van der Waals surface area contributed by atoms with E-state index < -0.39 is 0 Å². The largest absolute Gasteiger partial charge is 0.337 e. The van der Waals surface area contributed by atoms with Crippen molar-refractivity contribution in [1.29, 1.82) is 0 Å². The summed E-state index contributed by atoms with van der Waals surface area (Å²) in [7, 11) is 1.90. The van der Waals surface area contributed by atoms with E-state index in [-0.39, 0.29) is 18.3 Å². The van der Waals surface area contributed by atoms with Crippen LogP contribution in [0.15, 0.2) is 36.4 Å². The highest BCUT2D eigenvalue weighted by Crippen LogP contribution is 2.34. The third-order valence-electron chi connectivity index (χ3n) is 4.22. The maximum atomic E-state index is 12.6. The Kier molecular flexibility index (Phi) is 5.20. The quantitative estimate of drug-likeness (QED) is 0.751. The summed E-state index contributed by atoms with van der Waals surface area (Å²) in [6.07, 6.45) is 1.03. The van der Waals surface area contributed by atoms with Crippen molar-refractivity contribution in [3.05, 3.63) is 41.3 Å². The summed E-state index contributed by atoms with van der Waals surface area (Å²) in [4.78, 5) is 21.0. The maximum absolute atomic E-state index is 12.6. The second-order valence-corrected chi connectivity index (χ2v) is 7.83. The van der Waals surface area contributed by atoms with Crippen molar-refractivity contribution in [2.75, 3.05) is 20.1 Å². The number of nitrogens with one attached hydrogen (secondary N) is 1. The van der Waals surface area contributed by atoms with Crippen LogP contribution in [-0.2, 0) is 0 Å². The fourth-order valence-electron chi connectivity index (χ4n) is 2.85. The fraction of sp³-hybridized carbons (Fsp3) is 0.294. The van der Waals surface area contributed by atoms with Gasteiger partial charge in [-0.25, -0.2) is 4.98 Å². The van der Waals surface area contributed by atoms with Gasteiger partial charge in [-0.3, -0.25) is 4.79 Å². The zero-order chi connectivity index (χ0) is 15.8. The van der Waals surface area contributed by atoms with Gasteiger partial charge < -0.3 is 10.2 Å². The van der Waals surface area contributed by atoms with Gasteiger partial charge >= 0.3 is 0 Å². The molecule has 1 amide bonds. The van der Waals surface area contributed by atoms with Crippen LogP contribution < -0.4 is 5.32 Å². The molecule has 1 aliphatic rings. The van der Waals surface area contributed by atoms with Crippen molar-refractivity contribution in [3.8, 4) is 9.88 Å². The zero-order valence-corrected chi connectivity index (χ0v) is 15.6. The number of thiophene rings is 1. The van der Waals surface area contributed by atoms with Crippen molar-refractivity contribution < 1.29 is 4.79 Å². The fourth-order valence-corrected chi connectivity index (χ4v) is 4.86. The van der Waals surface area contributed by atoms with Gasteiger partial charge in [-0.2, -0.15) is 0 Å². The number of carbonyl (C=O) groups excluding carboxylic acids is 1. The first-order chi connectivity index (χ1) is 11.2. The van der Waals surface area contributed by atoms with Crippen LogP contribution in [0.4, 0.5) is 0 Å². The van der Waals surface area contributed by atoms with Crippen LogP contribution in [0.3, 0.4) is 0 Å². The lowest BCUT2D eigenvalue weighted by Crippen LogP contribution is -2.37. The van der Waals surface area contributed by atoms with Gasteiger partial charge in [-0.15, -0.1) is 35.1 Å². The molecule has 0 bridgehead atoms. The highest BCUT2D eigenvalue weighted by molar-refractivity contribution is 7.26. The molecule has 1 unspecified atom stereocenters. The average Bonchev–Trinajstić information content (AvgIpc) is 3.32. The van der Waals surface area contributed by atoms with E-state index >= 15 is 0 Å². The molecule has 1 saturated heterocycles. The number of rotatable bonds is 3. The van der Waals surface area contributed by atoms with E-state index in [0.717, 1.165) is 39.8 Å². The number of fused-ring (bicyclic) bond motifs is 1. The number of thiazole rings is 1. The van der Waals surface area contributed by atoms with E-state index in [0.29, 0.717) is 6.04 Å². The molecule has 0 radical (unpaired) electrons. The first kappa shape index (κ1) is 17.4. The Bertz CT molecular complexity index is 821. The number of halogens is 1. The summed E-state index contributed by atoms with van der Waals surface area (Å²) in [6, 6.07) is 12.4. The van der Waals surface area contributed by atoms with Gasteiger partial charge in [-0.1, -0.05) is 12.1 Å². The highest BCUT2D eigenvalue weighted by Gasteiger charge is 2.25. The monoisotopic (exact) mass is 379 g/mol. The standard InChI is InChI=1S/C17H17N3OS2.ClH/c1-20(11-8-9-18-10-11)17(21)15-7-6-14(22-15)16-19-12-4-2-3-5-13(12)23-16;/h2-7,11,18H,8-10H2,1H3;1H. The summed E-state index contributed by atoms with van der Waals surface area (Å²) in [5.74, 6) is 0.107. The average molecular weight is 380 g/mol. The molecule has 1 N–H and O–H groups in total. The van der Waals surface area contributed by atoms with E-state index in [2.05, 4.69) is 16.4 Å². The summed E-state index contributed by atoms with van der Waals surface area (Å²) < 4.78 is 1.18. The molecule has 1 atom stereocenters. The molecule has 3 heterocycles. The second-order valence-electron chi connectivity index (χ2n) is 5.71. The molecule has 24 heavy (non-hydrogen) atoms. The molecule has 4 rings (SSSR count). The molecule has 0 aliphatic carbocycles. The van der Waals surface area contributed by atoms with Gasteiger partial charge in [0.25, 0.3) is 5.91 Å². The molecule has 1 aliphatic heterocycles. The van der Waals surface area contributed by atoms with E-state index in [9.17, 15) is 4.79 Å². The number of benzene rings is 1. The van der Waals surface area contributed by atoms with Crippen LogP contribution in [0.5, 0.6) is 0 Å². The van der Waals surface area contributed by atoms with Gasteiger partial charge in [0.05, 0.1) is 20.0 Å². The predicted octanol–water partition coefficient (Wildman–Crippen LogP) is 3.88. The van der Waals surface area contributed by atoms with Crippen LogP contribution in [0.1, 0.15) is 16.1 Å². The molecular formula is C17H18ClN3OS2. The van der Waals surface area contributed by atoms with Crippen molar-refractivity contribution in [3.63, 3.8) is 0 Å². The third-order valence-corrected chi connectivity index (χ3v) is 6.50. The Morgan fingerprint density at radius 3 is 2.83 bits per heavy atom. The molecule has 0 saturated carbocycles. The number of amides is 1. The van der Waals surface area contributed by atoms with Crippen LogP contribution >= 0.6 is 35.1 Å². The molecule has 7 heteroatoms. The topological polar surface area (TPSA) is 45.2 Å². The Balaban J connectivity index is 0.00000169. The molecule has 1 aromatic carbocycles. The number of likely N-dealkylation sites (N-methyl/N-ethyl adjacent to an activating group) is 1. The Morgan fingerprint density at radius 2 is 2.08 bits per heavy atom. The highest BCUT2D eigenvalue weighted by atomic mass is 35.5. The Hall–Kier alpha value is -1.47. The predicted molar refractivity (Wildman–Crippen MR) is 104 cm³/mol. The number of aromatic nitrogens is 1. The number of hydrogen-bond acceptors (Lipinski definition) is 5. The van der Waals surface area contributed by atoms with Gasteiger partial charge in [0.2, 0.25) is 0 Å². The summed E-state index contributed by atoms with van der Waals surface area (Å²) in [5.41, 5.74) is 1.02. The zero-order valence-electron chi connectivity index (χ0n) is 13.2. The third kappa shape index (κ3) is 3.19. The molecule has 0 spiro atoms. The van der Waals surface area contributed by atoms with Gasteiger partial charge in [0, 0.05) is 19.6 Å². The SMILES string of the molecule is CN(C(=O)c1ccc(-c2nc3ccccc3s2)s1)C1CCNC1.Cl. The smallest absolute Gasteiger partial charge is 0.263 e. The Morgan fingerprint density at radius 1 is 1.25 bits per heavy atom. The van der Waals surface area contributed by atoms with Gasteiger partial charge in [-0.05, 0) is 37.2 Å². The summed E-state index contributed by atoms with van der Waals surface area (Å²) >= 11 is 3.21. The molecule has 2 aromatic heterocycles. The lowest BCUT2D eigenvalue weighted by Gasteiger charge is -2.22. The van der Waals surface area contributed by atoms with E-state index in [1.165, 1.54) is 16.0 Å². The second kappa shape index (κ2) is 7.19. The minimum Gasteiger partial charge on any atom is -0.337 e. The van der Waals surface area contributed by atoms with Crippen LogP contribution in [0.25, 0.3) is 20.1 Å². The minimum absolute atomic E-state index is 0. The molecule has 1 fully saturated rings. The molecule has 3 aromatic rings. The maximum Gasteiger partial charge on any atom is 0.263 e. The number of nitrogens with zero attached hydrogens (tertiary/aromatic N) is 2. The normalized spacial score (nSPS) is 17.0. The van der Waals surface area contributed by atoms with Gasteiger partial charge in [0.1, 0.15) is 5.01 Å². The van der Waals surface area contributed by atoms with Crippen LogP contribution in [0.2, 0.25) is 0 Å². The van der Waals surface area contributed by atoms with Gasteiger partial charge in [0.15, 0.2) is 0 Å². The van der Waals surface area contributed by atoms with Crippen molar-refractivity contribution >= 4 is 51.2 Å². The van der Waals surface area contributed by atoms with Crippen LogP contribution in [0, 0.1) is 0 Å². The minimum atomic E-state index is 0. The number of para-hydroxylation sites is 1. The van der Waals surface area contributed by atoms with E-state index in [1.807, 2.05) is 42.3 Å². The van der Waals surface area contributed by atoms with Crippen LogP contribution in [-0.4, -0.2) is 42.0 Å². The number of carbonyl (C=O) groups is 1. The van der Waals surface area contributed by atoms with Crippen molar-refractivity contribution in [2.24, 2.45) is 0 Å². The summed E-state index contributed by atoms with van der Waals surface area (Å²) in [6.45, 7) is 1.88. The van der Waals surface area contributed by atoms with E-state index in [4.69, 9.17) is 0 Å². The van der Waals surface area contributed by atoms with Crippen molar-refractivity contribution in [1.82, 2.24) is 15.2 Å². The number of hydrogen-bond donors (Lipinski definition) is 1. The first-order valence-corrected chi connectivity index (χ1v) is 9.29. The lowest BCUT2D eigenvalue weighted by atomic mass is 10.2.